The molecule has 3 rings (SSSR count). The molecule has 0 radical (unpaired) electrons. The van der Waals surface area contributed by atoms with Crippen LogP contribution in [-0.4, -0.2) is 47.1 Å². The Labute approximate surface area is 132 Å². The van der Waals surface area contributed by atoms with Crippen molar-refractivity contribution >= 4 is 38.8 Å². The maximum Gasteiger partial charge on any atom is 0.324 e. The van der Waals surface area contributed by atoms with Gasteiger partial charge in [0.1, 0.15) is 22.0 Å². The van der Waals surface area contributed by atoms with Gasteiger partial charge in [-0.2, -0.15) is 13.1 Å². The van der Waals surface area contributed by atoms with Gasteiger partial charge in [-0.15, -0.1) is 0 Å². The standard InChI is InChI=1S/C13H15N3O4S2/c1-20-13(17)10-6-2-3-8-16(10)22(18,19)11-7-4-5-9-12(11)15-21-14-9/h4-5,7,10H,2-3,6,8H2,1H3/t10-/m1/s1. The van der Waals surface area contributed by atoms with Crippen LogP contribution in [0.5, 0.6) is 0 Å². The predicted octanol–water partition coefficient (Wildman–Crippen LogP) is 1.41. The highest BCUT2D eigenvalue weighted by Gasteiger charge is 2.39. The monoisotopic (exact) mass is 341 g/mol. The predicted molar refractivity (Wildman–Crippen MR) is 81.0 cm³/mol. The van der Waals surface area contributed by atoms with Crippen molar-refractivity contribution in [3.8, 4) is 0 Å². The highest BCUT2D eigenvalue weighted by atomic mass is 32.2. The maximum atomic E-state index is 13.0. The van der Waals surface area contributed by atoms with Gasteiger partial charge in [-0.05, 0) is 31.4 Å². The minimum Gasteiger partial charge on any atom is -0.468 e. The van der Waals surface area contributed by atoms with Crippen molar-refractivity contribution in [1.29, 1.82) is 0 Å². The van der Waals surface area contributed by atoms with Crippen molar-refractivity contribution in [1.82, 2.24) is 13.1 Å². The molecule has 2 aromatic rings. The van der Waals surface area contributed by atoms with Gasteiger partial charge in [0.25, 0.3) is 0 Å². The second-order valence-corrected chi connectivity index (χ2v) is 7.43. The number of carbonyl (C=O) groups is 1. The number of hydrogen-bond acceptors (Lipinski definition) is 7. The Morgan fingerprint density at radius 2 is 2.18 bits per heavy atom. The van der Waals surface area contributed by atoms with Crippen molar-refractivity contribution in [3.05, 3.63) is 18.2 Å². The second kappa shape index (κ2) is 5.90. The molecule has 22 heavy (non-hydrogen) atoms. The largest absolute Gasteiger partial charge is 0.468 e. The number of aromatic nitrogens is 2. The van der Waals surface area contributed by atoms with Crippen LogP contribution in [0.15, 0.2) is 23.1 Å². The SMILES string of the molecule is COC(=O)[C@H]1CCCCN1S(=O)(=O)c1cccc2nsnc12. The van der Waals surface area contributed by atoms with Crippen molar-refractivity contribution in [2.45, 2.75) is 30.2 Å². The topological polar surface area (TPSA) is 89.5 Å². The molecule has 9 heteroatoms. The lowest BCUT2D eigenvalue weighted by Crippen LogP contribution is -2.48. The Bertz CT molecular complexity index is 802. The molecular weight excluding hydrogens is 326 g/mol. The molecule has 118 valence electrons. The summed E-state index contributed by atoms with van der Waals surface area (Å²) in [5, 5.41) is 0. The van der Waals surface area contributed by atoms with E-state index in [1.807, 2.05) is 0 Å². The number of sulfonamides is 1. The number of nitrogens with zero attached hydrogens (tertiary/aromatic N) is 3. The number of rotatable bonds is 3. The summed E-state index contributed by atoms with van der Waals surface area (Å²) < 4.78 is 40.1. The van der Waals surface area contributed by atoms with Gasteiger partial charge in [0, 0.05) is 6.54 Å². The molecule has 1 fully saturated rings. The quantitative estimate of drug-likeness (QED) is 0.784. The summed E-state index contributed by atoms with van der Waals surface area (Å²) in [6, 6.07) is 4.08. The first-order chi connectivity index (χ1) is 10.6. The molecule has 2 heterocycles. The van der Waals surface area contributed by atoms with E-state index in [0.29, 0.717) is 24.0 Å². The minimum absolute atomic E-state index is 0.0922. The molecule has 0 aliphatic carbocycles. The van der Waals surface area contributed by atoms with Gasteiger partial charge in [-0.1, -0.05) is 6.07 Å². The molecular formula is C13H15N3O4S2. The first kappa shape index (κ1) is 15.3. The number of esters is 1. The van der Waals surface area contributed by atoms with Crippen molar-refractivity contribution in [2.24, 2.45) is 0 Å². The minimum atomic E-state index is -3.83. The lowest BCUT2D eigenvalue weighted by molar-refractivity contribution is -0.146. The number of methoxy groups -OCH3 is 1. The summed E-state index contributed by atoms with van der Waals surface area (Å²) >= 11 is 0.967. The molecule has 0 amide bonds. The van der Waals surface area contributed by atoms with E-state index in [4.69, 9.17) is 4.74 Å². The molecule has 0 bridgehead atoms. The summed E-state index contributed by atoms with van der Waals surface area (Å²) in [6.07, 6.45) is 1.99. The van der Waals surface area contributed by atoms with Gasteiger partial charge < -0.3 is 4.74 Å². The van der Waals surface area contributed by atoms with E-state index in [2.05, 4.69) is 8.75 Å². The fourth-order valence-electron chi connectivity index (χ4n) is 2.68. The van der Waals surface area contributed by atoms with Gasteiger partial charge in [0.15, 0.2) is 0 Å². The summed E-state index contributed by atoms with van der Waals surface area (Å²) in [4.78, 5) is 12.0. The number of fused-ring (bicyclic) bond motifs is 1. The second-order valence-electron chi connectivity index (χ2n) is 5.04. The Hall–Kier alpha value is -1.58. The van der Waals surface area contributed by atoms with E-state index in [-0.39, 0.29) is 4.90 Å². The first-order valence-electron chi connectivity index (χ1n) is 6.86. The molecule has 7 nitrogen and oxygen atoms in total. The Morgan fingerprint density at radius 1 is 1.36 bits per heavy atom. The van der Waals surface area contributed by atoms with Crippen LogP contribution in [0.25, 0.3) is 11.0 Å². The van der Waals surface area contributed by atoms with Crippen molar-refractivity contribution in [3.63, 3.8) is 0 Å². The van der Waals surface area contributed by atoms with Crippen molar-refractivity contribution < 1.29 is 17.9 Å². The van der Waals surface area contributed by atoms with E-state index < -0.39 is 22.0 Å². The third-order valence-electron chi connectivity index (χ3n) is 3.76. The molecule has 0 saturated carbocycles. The number of benzene rings is 1. The summed E-state index contributed by atoms with van der Waals surface area (Å²) in [7, 11) is -2.56. The van der Waals surface area contributed by atoms with Crippen LogP contribution in [0.2, 0.25) is 0 Å². The van der Waals surface area contributed by atoms with Crippen LogP contribution in [0, 0.1) is 0 Å². The third kappa shape index (κ3) is 2.49. The van der Waals surface area contributed by atoms with Gasteiger partial charge >= 0.3 is 5.97 Å². The Kier molecular flexibility index (Phi) is 4.11. The molecule has 1 aromatic carbocycles. The zero-order valence-electron chi connectivity index (χ0n) is 11.9. The van der Waals surface area contributed by atoms with Crippen LogP contribution >= 0.6 is 11.7 Å². The van der Waals surface area contributed by atoms with E-state index in [1.165, 1.54) is 17.5 Å². The number of carbonyl (C=O) groups excluding carboxylic acids is 1. The molecule has 1 aromatic heterocycles. The maximum absolute atomic E-state index is 13.0. The smallest absolute Gasteiger partial charge is 0.324 e. The van der Waals surface area contributed by atoms with Gasteiger partial charge in [0.2, 0.25) is 10.0 Å². The number of hydrogen-bond donors (Lipinski definition) is 0. The molecule has 1 atom stereocenters. The summed E-state index contributed by atoms with van der Waals surface area (Å²) in [6.45, 7) is 0.302. The molecule has 1 aliphatic heterocycles. The van der Waals surface area contributed by atoms with E-state index in [0.717, 1.165) is 24.6 Å². The van der Waals surface area contributed by atoms with Gasteiger partial charge in [0.05, 0.1) is 18.8 Å². The van der Waals surface area contributed by atoms with Crippen LogP contribution in [0.1, 0.15) is 19.3 Å². The normalized spacial score (nSPS) is 20.1. The van der Waals surface area contributed by atoms with Gasteiger partial charge in [-0.25, -0.2) is 8.42 Å². The number of piperidine rings is 1. The van der Waals surface area contributed by atoms with Crippen LogP contribution in [-0.2, 0) is 19.6 Å². The summed E-state index contributed by atoms with van der Waals surface area (Å²) in [5.41, 5.74) is 0.888. The van der Waals surface area contributed by atoms with Crippen LogP contribution in [0.4, 0.5) is 0 Å². The molecule has 0 unspecified atom stereocenters. The average molecular weight is 341 g/mol. The Balaban J connectivity index is 2.08. The molecule has 1 saturated heterocycles. The Morgan fingerprint density at radius 3 is 2.95 bits per heavy atom. The zero-order chi connectivity index (χ0) is 15.7. The van der Waals surface area contributed by atoms with Crippen molar-refractivity contribution in [2.75, 3.05) is 13.7 Å². The third-order valence-corrected chi connectivity index (χ3v) is 6.24. The van der Waals surface area contributed by atoms with E-state index in [9.17, 15) is 13.2 Å². The van der Waals surface area contributed by atoms with Gasteiger partial charge in [-0.3, -0.25) is 4.79 Å². The van der Waals surface area contributed by atoms with Crippen LogP contribution in [0.3, 0.4) is 0 Å². The zero-order valence-corrected chi connectivity index (χ0v) is 13.6. The fraction of sp³-hybridized carbons (Fsp3) is 0.462. The van der Waals surface area contributed by atoms with E-state index in [1.54, 1.807) is 12.1 Å². The molecule has 0 spiro atoms. The van der Waals surface area contributed by atoms with E-state index >= 15 is 0 Å². The molecule has 1 aliphatic rings. The fourth-order valence-corrected chi connectivity index (χ4v) is 5.08. The molecule has 0 N–H and O–H groups in total. The van der Waals surface area contributed by atoms with Crippen LogP contribution < -0.4 is 0 Å². The highest BCUT2D eigenvalue weighted by molar-refractivity contribution is 7.89. The highest BCUT2D eigenvalue weighted by Crippen LogP contribution is 2.29. The average Bonchev–Trinajstić information content (AvgIpc) is 3.02. The lowest BCUT2D eigenvalue weighted by Gasteiger charge is -2.32. The lowest BCUT2D eigenvalue weighted by atomic mass is 10.1. The first-order valence-corrected chi connectivity index (χ1v) is 9.03. The number of ether oxygens (including phenoxy) is 1. The summed E-state index contributed by atoms with van der Waals surface area (Å²) in [5.74, 6) is -0.521.